The molecular formula is C12H18BrNOS. The molecule has 0 fully saturated rings. The quantitative estimate of drug-likeness (QED) is 0.786. The lowest BCUT2D eigenvalue weighted by Gasteiger charge is -2.16. The van der Waals surface area contributed by atoms with Crippen LogP contribution in [0.2, 0.25) is 0 Å². The van der Waals surface area contributed by atoms with Crippen LogP contribution in [0.5, 0.6) is 0 Å². The zero-order chi connectivity index (χ0) is 11.8. The van der Waals surface area contributed by atoms with Crippen molar-refractivity contribution >= 4 is 27.7 Å². The van der Waals surface area contributed by atoms with Gasteiger partial charge in [-0.25, -0.2) is 0 Å². The highest BCUT2D eigenvalue weighted by molar-refractivity contribution is 9.10. The van der Waals surface area contributed by atoms with Gasteiger partial charge in [-0.2, -0.15) is 11.8 Å². The maximum Gasteiger partial charge on any atom is 0.0470 e. The molecule has 2 nitrogen and oxygen atoms in total. The van der Waals surface area contributed by atoms with Crippen molar-refractivity contribution in [3.63, 3.8) is 0 Å². The van der Waals surface area contributed by atoms with Gasteiger partial charge in [-0.15, -0.1) is 0 Å². The van der Waals surface area contributed by atoms with Gasteiger partial charge in [0.2, 0.25) is 0 Å². The minimum Gasteiger partial charge on any atom is -0.385 e. The van der Waals surface area contributed by atoms with Crippen LogP contribution in [-0.4, -0.2) is 26.0 Å². The average Bonchev–Trinajstić information content (AvgIpc) is 2.31. The van der Waals surface area contributed by atoms with E-state index in [1.165, 1.54) is 5.56 Å². The molecule has 0 amide bonds. The van der Waals surface area contributed by atoms with Crippen LogP contribution in [-0.2, 0) is 4.74 Å². The molecule has 16 heavy (non-hydrogen) atoms. The zero-order valence-electron chi connectivity index (χ0n) is 9.49. The van der Waals surface area contributed by atoms with Crippen molar-refractivity contribution in [2.45, 2.75) is 11.7 Å². The van der Waals surface area contributed by atoms with E-state index in [9.17, 15) is 0 Å². The van der Waals surface area contributed by atoms with Gasteiger partial charge in [-0.05, 0) is 23.8 Å². The molecule has 1 aromatic carbocycles. The SMILES string of the molecule is COCCCSC(CN)c1ccccc1Br. The smallest absolute Gasteiger partial charge is 0.0470 e. The van der Waals surface area contributed by atoms with Gasteiger partial charge in [0.1, 0.15) is 0 Å². The van der Waals surface area contributed by atoms with Crippen LogP contribution < -0.4 is 5.73 Å². The van der Waals surface area contributed by atoms with Crippen LogP contribution in [0.3, 0.4) is 0 Å². The molecule has 0 saturated carbocycles. The van der Waals surface area contributed by atoms with Gasteiger partial charge in [0.15, 0.2) is 0 Å². The molecule has 0 spiro atoms. The number of methoxy groups -OCH3 is 1. The van der Waals surface area contributed by atoms with E-state index < -0.39 is 0 Å². The maximum atomic E-state index is 5.82. The first kappa shape index (κ1) is 14.0. The third-order valence-corrected chi connectivity index (χ3v) is 4.37. The molecule has 1 unspecified atom stereocenters. The van der Waals surface area contributed by atoms with Crippen LogP contribution in [0.15, 0.2) is 28.7 Å². The van der Waals surface area contributed by atoms with E-state index in [2.05, 4.69) is 34.1 Å². The lowest BCUT2D eigenvalue weighted by molar-refractivity contribution is 0.200. The average molecular weight is 304 g/mol. The fourth-order valence-electron chi connectivity index (χ4n) is 1.45. The van der Waals surface area contributed by atoms with Gasteiger partial charge < -0.3 is 10.5 Å². The van der Waals surface area contributed by atoms with E-state index in [-0.39, 0.29) is 0 Å². The summed E-state index contributed by atoms with van der Waals surface area (Å²) in [7, 11) is 1.73. The van der Waals surface area contributed by atoms with Crippen molar-refractivity contribution in [2.75, 3.05) is 26.0 Å². The molecule has 1 rings (SSSR count). The molecule has 0 aliphatic heterocycles. The van der Waals surface area contributed by atoms with Crippen molar-refractivity contribution in [2.24, 2.45) is 5.73 Å². The number of hydrogen-bond acceptors (Lipinski definition) is 3. The van der Waals surface area contributed by atoms with Gasteiger partial charge in [0.25, 0.3) is 0 Å². The Hall–Kier alpha value is -0.0300. The van der Waals surface area contributed by atoms with E-state index in [1.54, 1.807) is 7.11 Å². The summed E-state index contributed by atoms with van der Waals surface area (Å²) in [6.45, 7) is 1.49. The van der Waals surface area contributed by atoms with Crippen molar-refractivity contribution in [3.8, 4) is 0 Å². The fraction of sp³-hybridized carbons (Fsp3) is 0.500. The zero-order valence-corrected chi connectivity index (χ0v) is 11.9. The van der Waals surface area contributed by atoms with Gasteiger partial charge in [0.05, 0.1) is 0 Å². The lowest BCUT2D eigenvalue weighted by atomic mass is 10.1. The molecule has 1 aromatic rings. The van der Waals surface area contributed by atoms with Crippen molar-refractivity contribution in [1.29, 1.82) is 0 Å². The Morgan fingerprint density at radius 3 is 2.81 bits per heavy atom. The van der Waals surface area contributed by atoms with Gasteiger partial charge >= 0.3 is 0 Å². The van der Waals surface area contributed by atoms with Crippen LogP contribution in [0, 0.1) is 0 Å². The van der Waals surface area contributed by atoms with Crippen molar-refractivity contribution in [3.05, 3.63) is 34.3 Å². The van der Waals surface area contributed by atoms with Crippen LogP contribution >= 0.6 is 27.7 Å². The third kappa shape index (κ3) is 4.45. The molecule has 0 aromatic heterocycles. The number of benzene rings is 1. The molecular weight excluding hydrogens is 286 g/mol. The number of rotatable bonds is 7. The second kappa shape index (κ2) is 8.12. The first-order valence-corrected chi connectivity index (χ1v) is 7.18. The van der Waals surface area contributed by atoms with E-state index >= 15 is 0 Å². The highest BCUT2D eigenvalue weighted by Gasteiger charge is 2.12. The molecule has 0 aliphatic carbocycles. The molecule has 0 saturated heterocycles. The lowest BCUT2D eigenvalue weighted by Crippen LogP contribution is -2.10. The Bertz CT molecular complexity index is 309. The highest BCUT2D eigenvalue weighted by Crippen LogP contribution is 2.32. The first-order chi connectivity index (χ1) is 7.79. The summed E-state index contributed by atoms with van der Waals surface area (Å²) >= 11 is 5.46. The predicted octanol–water partition coefficient (Wildman–Crippen LogP) is 3.22. The highest BCUT2D eigenvalue weighted by atomic mass is 79.9. The normalized spacial score (nSPS) is 12.7. The Morgan fingerprint density at radius 2 is 2.19 bits per heavy atom. The number of hydrogen-bond donors (Lipinski definition) is 1. The Kier molecular flexibility index (Phi) is 7.12. The topological polar surface area (TPSA) is 35.2 Å². The maximum absolute atomic E-state index is 5.82. The molecule has 0 heterocycles. The monoisotopic (exact) mass is 303 g/mol. The van der Waals surface area contributed by atoms with Crippen LogP contribution in [0.4, 0.5) is 0 Å². The Morgan fingerprint density at radius 1 is 1.44 bits per heavy atom. The first-order valence-electron chi connectivity index (χ1n) is 5.34. The Balaban J connectivity index is 2.51. The number of halogens is 1. The predicted molar refractivity (Wildman–Crippen MR) is 74.9 cm³/mol. The molecule has 0 radical (unpaired) electrons. The number of thioether (sulfide) groups is 1. The molecule has 4 heteroatoms. The number of nitrogens with two attached hydrogens (primary N) is 1. The van der Waals surface area contributed by atoms with E-state index in [0.29, 0.717) is 11.8 Å². The standard InChI is InChI=1S/C12H18BrNOS/c1-15-7-4-8-16-12(9-14)10-5-2-3-6-11(10)13/h2-3,5-6,12H,4,7-9,14H2,1H3. The molecule has 0 aliphatic rings. The number of ether oxygens (including phenoxy) is 1. The minimum atomic E-state index is 0.368. The fourth-order valence-corrected chi connectivity index (χ4v) is 3.25. The Labute approximate surface area is 110 Å². The largest absolute Gasteiger partial charge is 0.385 e. The summed E-state index contributed by atoms with van der Waals surface area (Å²) in [6, 6.07) is 8.27. The van der Waals surface area contributed by atoms with Crippen LogP contribution in [0.1, 0.15) is 17.2 Å². The van der Waals surface area contributed by atoms with E-state index in [4.69, 9.17) is 10.5 Å². The molecule has 0 bridgehead atoms. The van der Waals surface area contributed by atoms with Crippen molar-refractivity contribution in [1.82, 2.24) is 0 Å². The summed E-state index contributed by atoms with van der Waals surface area (Å²) in [5.74, 6) is 1.08. The summed E-state index contributed by atoms with van der Waals surface area (Å²) in [5.41, 5.74) is 7.10. The summed E-state index contributed by atoms with van der Waals surface area (Å²) in [6.07, 6.45) is 1.07. The summed E-state index contributed by atoms with van der Waals surface area (Å²) in [5, 5.41) is 0.368. The summed E-state index contributed by atoms with van der Waals surface area (Å²) in [4.78, 5) is 0. The van der Waals surface area contributed by atoms with E-state index in [1.807, 2.05) is 17.8 Å². The molecule has 90 valence electrons. The van der Waals surface area contributed by atoms with Gasteiger partial charge in [0, 0.05) is 30.0 Å². The third-order valence-electron chi connectivity index (χ3n) is 2.28. The van der Waals surface area contributed by atoms with E-state index in [0.717, 1.165) is 23.3 Å². The van der Waals surface area contributed by atoms with Gasteiger partial charge in [-0.3, -0.25) is 0 Å². The molecule has 1 atom stereocenters. The van der Waals surface area contributed by atoms with Gasteiger partial charge in [-0.1, -0.05) is 34.1 Å². The second-order valence-electron chi connectivity index (χ2n) is 3.46. The minimum absolute atomic E-state index is 0.368. The molecule has 2 N–H and O–H groups in total. The second-order valence-corrected chi connectivity index (χ2v) is 5.63. The van der Waals surface area contributed by atoms with Crippen LogP contribution in [0.25, 0.3) is 0 Å². The van der Waals surface area contributed by atoms with Crippen molar-refractivity contribution < 1.29 is 4.74 Å². The summed E-state index contributed by atoms with van der Waals surface area (Å²) < 4.78 is 6.18.